The van der Waals surface area contributed by atoms with Crippen molar-refractivity contribution < 1.29 is 39.1 Å². The summed E-state index contributed by atoms with van der Waals surface area (Å²) >= 11 is 0. The molecular weight excluding hydrogens is 869 g/mol. The average molecular weight is 947 g/mol. The maximum atomic E-state index is 13.6. The summed E-state index contributed by atoms with van der Waals surface area (Å²) in [6.45, 7) is 13.6. The van der Waals surface area contributed by atoms with Gasteiger partial charge in [0.05, 0.1) is 26.0 Å². The number of hydrogen-bond donors (Lipinski definition) is 4. The number of aliphatic hydroxyl groups excluding tert-OH is 1. The van der Waals surface area contributed by atoms with Crippen LogP contribution in [0.25, 0.3) is 12.2 Å². The molecule has 0 bridgehead atoms. The number of rotatable bonds is 22. The number of carbonyl (C=O) groups excluding carboxylic acids is 2. The Morgan fingerprint density at radius 2 is 1.59 bits per heavy atom. The molecule has 374 valence electrons. The number of aromatic hydroxyl groups is 2. The maximum absolute atomic E-state index is 13.6. The largest absolute Gasteiger partial charge is 0.508 e. The highest BCUT2D eigenvalue weighted by Crippen LogP contribution is 2.67. The Labute approximate surface area is 410 Å². The molecule has 0 saturated heterocycles. The van der Waals surface area contributed by atoms with E-state index in [1.54, 1.807) is 52.9 Å². The van der Waals surface area contributed by atoms with Crippen LogP contribution in [0, 0.1) is 46.3 Å². The molecule has 8 atom stereocenters. The highest BCUT2D eigenvalue weighted by molar-refractivity contribution is 6.07. The van der Waals surface area contributed by atoms with Crippen molar-refractivity contribution in [3.05, 3.63) is 94.5 Å². The SMILES string of the molecule is COc1cc(/C=C/C(=O)/C(Cc2cn(CCCCNC(=O)CO[C@H]3CC[C@@]4(C)C(=CC[C@H]5[C@@H]6CC[C@H]([C@H](C)CCCC(C)C)[C@@]6(C)CC[C@@H]54)C3)nn2)=C(O)/C=C/c2ccc(O)c(OC)c2)ccc1O. The molecule has 12 nitrogen and oxygen atoms in total. The summed E-state index contributed by atoms with van der Waals surface area (Å²) in [5.41, 5.74) is 4.16. The zero-order valence-corrected chi connectivity index (χ0v) is 42.2. The van der Waals surface area contributed by atoms with Crippen LogP contribution in [0.1, 0.15) is 135 Å². The van der Waals surface area contributed by atoms with Gasteiger partial charge in [0.2, 0.25) is 5.91 Å². The van der Waals surface area contributed by atoms with Crippen molar-refractivity contribution in [3.8, 4) is 23.0 Å². The van der Waals surface area contributed by atoms with E-state index in [-0.39, 0.29) is 64.8 Å². The number of nitrogens with one attached hydrogen (secondary N) is 1. The van der Waals surface area contributed by atoms with Crippen molar-refractivity contribution in [2.75, 3.05) is 27.4 Å². The summed E-state index contributed by atoms with van der Waals surface area (Å²) in [7, 11) is 2.89. The Morgan fingerprint density at radius 1 is 0.884 bits per heavy atom. The summed E-state index contributed by atoms with van der Waals surface area (Å²) in [6.07, 6.45) is 25.8. The van der Waals surface area contributed by atoms with Gasteiger partial charge in [-0.25, -0.2) is 0 Å². The lowest BCUT2D eigenvalue weighted by atomic mass is 9.47. The number of ether oxygens (including phenoxy) is 3. The van der Waals surface area contributed by atoms with Gasteiger partial charge in [-0.2, -0.15) is 0 Å². The second-order valence-corrected chi connectivity index (χ2v) is 21.4. The molecule has 7 rings (SSSR count). The Hall–Kier alpha value is -5.36. The van der Waals surface area contributed by atoms with Gasteiger partial charge in [0, 0.05) is 31.3 Å². The molecule has 0 unspecified atom stereocenters. The predicted octanol–water partition coefficient (Wildman–Crippen LogP) is 11.4. The summed E-state index contributed by atoms with van der Waals surface area (Å²) < 4.78 is 18.4. The number of fused-ring (bicyclic) bond motifs is 5. The first-order valence-electron chi connectivity index (χ1n) is 25.6. The van der Waals surface area contributed by atoms with Crippen molar-refractivity contribution in [1.82, 2.24) is 20.3 Å². The monoisotopic (exact) mass is 947 g/mol. The van der Waals surface area contributed by atoms with E-state index in [1.807, 2.05) is 0 Å². The first kappa shape index (κ1) is 51.5. The van der Waals surface area contributed by atoms with Crippen LogP contribution in [0.3, 0.4) is 0 Å². The number of aryl methyl sites for hydroxylation is 1. The number of hydrogen-bond acceptors (Lipinski definition) is 10. The van der Waals surface area contributed by atoms with Crippen LogP contribution < -0.4 is 14.8 Å². The first-order chi connectivity index (χ1) is 33.1. The molecule has 1 aromatic heterocycles. The van der Waals surface area contributed by atoms with Gasteiger partial charge in [-0.15, -0.1) is 5.10 Å². The number of methoxy groups -OCH3 is 2. The molecule has 0 spiro atoms. The number of aliphatic hydroxyl groups is 1. The van der Waals surface area contributed by atoms with Gasteiger partial charge < -0.3 is 34.8 Å². The van der Waals surface area contributed by atoms with E-state index >= 15 is 0 Å². The number of phenols is 2. The number of allylic oxidation sites excluding steroid dienone is 4. The molecule has 69 heavy (non-hydrogen) atoms. The van der Waals surface area contributed by atoms with Gasteiger partial charge in [-0.1, -0.05) is 95.0 Å². The lowest BCUT2D eigenvalue weighted by molar-refractivity contribution is -0.129. The van der Waals surface area contributed by atoms with Crippen molar-refractivity contribution in [1.29, 1.82) is 0 Å². The average Bonchev–Trinajstić information content (AvgIpc) is 3.94. The minimum absolute atomic E-state index is 0.00438. The molecule has 4 aliphatic carbocycles. The van der Waals surface area contributed by atoms with Gasteiger partial charge in [0.15, 0.2) is 28.8 Å². The Kier molecular flexibility index (Phi) is 17.2. The number of aromatic nitrogens is 3. The van der Waals surface area contributed by atoms with Crippen LogP contribution in [0.15, 0.2) is 77.7 Å². The van der Waals surface area contributed by atoms with E-state index in [0.717, 1.165) is 67.6 Å². The second kappa shape index (κ2) is 23.0. The number of nitrogens with zero attached hydrogens (tertiary/aromatic N) is 3. The lowest BCUT2D eigenvalue weighted by Crippen LogP contribution is -2.51. The number of phenolic OH excluding ortho intramolecular Hbond substituents is 2. The third-order valence-electron chi connectivity index (χ3n) is 16.7. The first-order valence-corrected chi connectivity index (χ1v) is 25.6. The molecule has 1 heterocycles. The van der Waals surface area contributed by atoms with Crippen molar-refractivity contribution in [2.24, 2.45) is 46.3 Å². The third-order valence-corrected chi connectivity index (χ3v) is 16.7. The highest BCUT2D eigenvalue weighted by Gasteiger charge is 2.59. The minimum Gasteiger partial charge on any atom is -0.508 e. The summed E-state index contributed by atoms with van der Waals surface area (Å²) in [6, 6.07) is 9.47. The van der Waals surface area contributed by atoms with Crippen LogP contribution in [0.4, 0.5) is 0 Å². The van der Waals surface area contributed by atoms with Gasteiger partial charge in [-0.05, 0) is 158 Å². The van der Waals surface area contributed by atoms with E-state index in [2.05, 4.69) is 56.3 Å². The van der Waals surface area contributed by atoms with Gasteiger partial charge in [-0.3, -0.25) is 14.3 Å². The molecule has 4 N–H and O–H groups in total. The summed E-state index contributed by atoms with van der Waals surface area (Å²) in [5, 5.41) is 42.8. The maximum Gasteiger partial charge on any atom is 0.246 e. The Balaban J connectivity index is 0.865. The van der Waals surface area contributed by atoms with Crippen molar-refractivity contribution in [2.45, 2.75) is 137 Å². The van der Waals surface area contributed by atoms with E-state index in [9.17, 15) is 24.9 Å². The zero-order valence-electron chi connectivity index (χ0n) is 42.2. The molecule has 4 aliphatic rings. The smallest absolute Gasteiger partial charge is 0.246 e. The van der Waals surface area contributed by atoms with Crippen LogP contribution in [-0.2, 0) is 27.3 Å². The fraction of sp³-hybridized carbons (Fsp3) is 0.579. The Morgan fingerprint density at radius 3 is 2.29 bits per heavy atom. The fourth-order valence-electron chi connectivity index (χ4n) is 12.8. The van der Waals surface area contributed by atoms with E-state index < -0.39 is 5.78 Å². The van der Waals surface area contributed by atoms with Crippen LogP contribution in [0.5, 0.6) is 23.0 Å². The van der Waals surface area contributed by atoms with Crippen LogP contribution >= 0.6 is 0 Å². The van der Waals surface area contributed by atoms with Crippen molar-refractivity contribution in [3.63, 3.8) is 0 Å². The molecule has 0 aliphatic heterocycles. The molecule has 1 amide bonds. The normalized spacial score (nSPS) is 26.3. The lowest BCUT2D eigenvalue weighted by Gasteiger charge is -2.58. The number of carbonyl (C=O) groups is 2. The van der Waals surface area contributed by atoms with Gasteiger partial charge in [0.25, 0.3) is 0 Å². The van der Waals surface area contributed by atoms with Crippen LogP contribution in [0.2, 0.25) is 0 Å². The molecule has 3 saturated carbocycles. The second-order valence-electron chi connectivity index (χ2n) is 21.4. The topological polar surface area (TPSA) is 165 Å². The van der Waals surface area contributed by atoms with Gasteiger partial charge >= 0.3 is 0 Å². The molecule has 3 aromatic rings. The van der Waals surface area contributed by atoms with E-state index in [1.165, 1.54) is 89.9 Å². The highest BCUT2D eigenvalue weighted by atomic mass is 16.5. The van der Waals surface area contributed by atoms with E-state index in [0.29, 0.717) is 35.3 Å². The third kappa shape index (κ3) is 12.3. The fourth-order valence-corrected chi connectivity index (χ4v) is 12.8. The van der Waals surface area contributed by atoms with E-state index in [4.69, 9.17) is 14.2 Å². The quantitative estimate of drug-likeness (QED) is 0.0250. The van der Waals surface area contributed by atoms with Gasteiger partial charge in [0.1, 0.15) is 12.4 Å². The number of benzene rings is 2. The Bertz CT molecular complexity index is 2380. The predicted molar refractivity (Wildman–Crippen MR) is 271 cm³/mol. The summed E-state index contributed by atoms with van der Waals surface area (Å²) in [5.74, 6) is 4.60. The molecule has 3 fully saturated rings. The van der Waals surface area contributed by atoms with Crippen LogP contribution in [-0.4, -0.2) is 75.5 Å². The minimum atomic E-state index is -0.450. The number of amides is 1. The number of unbranched alkanes of at least 4 members (excludes halogenated alkanes) is 1. The standard InChI is InChI=1S/C57H78N4O8/c1-37(2)11-10-12-38(3)46-19-20-47-44-18-17-41-33-43(25-27-56(41,4)48(44)26-28-57(46,47)5)69-36-55(66)58-29-8-9-30-61-35-42(59-60-61)34-45(49(62)21-13-39-15-23-51(64)53(31-39)67-6)50(63)22-14-40-16-24-52(65)54(32-40)68-7/h13-17,21-24,31-32,35,37-38,43-44,46-48,62,64-65H,8-12,18-20,25-30,33-34,36H2,1-7H3,(H,58,66)/b21-13+,22-14+,49-45-/t38-,43+,44+,46-,47+,48+,56+,57-/m1/s1. The zero-order chi connectivity index (χ0) is 49.3. The molecule has 2 aromatic carbocycles. The summed E-state index contributed by atoms with van der Waals surface area (Å²) in [4.78, 5) is 26.6. The number of ketones is 1. The molecular formula is C57H78N4O8. The molecule has 0 radical (unpaired) electrons. The van der Waals surface area contributed by atoms with Crippen molar-refractivity contribution >= 4 is 23.8 Å². The molecule has 12 heteroatoms.